The van der Waals surface area contributed by atoms with Crippen LogP contribution in [0.1, 0.15) is 18.0 Å². The summed E-state index contributed by atoms with van der Waals surface area (Å²) in [6.45, 7) is 0.191. The van der Waals surface area contributed by atoms with Gasteiger partial charge in [0.05, 0.1) is 18.2 Å². The lowest BCUT2D eigenvalue weighted by Gasteiger charge is -2.31. The van der Waals surface area contributed by atoms with E-state index in [0.29, 0.717) is 17.2 Å². The van der Waals surface area contributed by atoms with Crippen molar-refractivity contribution in [3.8, 4) is 11.5 Å². The van der Waals surface area contributed by atoms with Gasteiger partial charge in [-0.1, -0.05) is 24.3 Å². The molecule has 2 heterocycles. The standard InChI is InChI=1S/C17H14N2O4/c20-16-9-13(11-6-7-14-15(8-11)23-10-22-14)18-17(21)19(16)12-4-2-1-3-5-12/h1-8,13H,9-10H2,(H,18,21). The fourth-order valence-electron chi connectivity index (χ4n) is 2.81. The molecule has 6 heteroatoms. The maximum Gasteiger partial charge on any atom is 0.329 e. The summed E-state index contributed by atoms with van der Waals surface area (Å²) in [5.74, 6) is 1.07. The van der Waals surface area contributed by atoms with Crippen LogP contribution in [0.3, 0.4) is 0 Å². The number of ether oxygens (including phenoxy) is 2. The Hall–Kier alpha value is -3.02. The van der Waals surface area contributed by atoms with Crippen LogP contribution in [0.5, 0.6) is 11.5 Å². The minimum Gasteiger partial charge on any atom is -0.454 e. The summed E-state index contributed by atoms with van der Waals surface area (Å²) in [5.41, 5.74) is 1.39. The number of para-hydroxylation sites is 1. The van der Waals surface area contributed by atoms with Gasteiger partial charge in [-0.05, 0) is 29.8 Å². The van der Waals surface area contributed by atoms with Crippen molar-refractivity contribution in [2.75, 3.05) is 11.7 Å². The fraction of sp³-hybridized carbons (Fsp3) is 0.176. The molecule has 1 unspecified atom stereocenters. The third kappa shape index (κ3) is 2.38. The first-order valence-corrected chi connectivity index (χ1v) is 7.30. The molecule has 0 saturated carbocycles. The van der Waals surface area contributed by atoms with Crippen LogP contribution in [0.4, 0.5) is 10.5 Å². The number of hydrogen-bond acceptors (Lipinski definition) is 4. The number of carbonyl (C=O) groups excluding carboxylic acids is 2. The number of fused-ring (bicyclic) bond motifs is 1. The van der Waals surface area contributed by atoms with E-state index in [1.165, 1.54) is 4.90 Å². The zero-order chi connectivity index (χ0) is 15.8. The summed E-state index contributed by atoms with van der Waals surface area (Å²) in [4.78, 5) is 26.0. The number of nitrogens with zero attached hydrogens (tertiary/aromatic N) is 1. The van der Waals surface area contributed by atoms with Crippen molar-refractivity contribution in [1.29, 1.82) is 0 Å². The molecule has 1 fully saturated rings. The van der Waals surface area contributed by atoms with Crippen molar-refractivity contribution in [2.45, 2.75) is 12.5 Å². The van der Waals surface area contributed by atoms with Crippen molar-refractivity contribution in [1.82, 2.24) is 5.32 Å². The molecule has 6 nitrogen and oxygen atoms in total. The van der Waals surface area contributed by atoms with E-state index >= 15 is 0 Å². The van der Waals surface area contributed by atoms with E-state index in [1.807, 2.05) is 12.1 Å². The summed E-state index contributed by atoms with van der Waals surface area (Å²) in [5, 5.41) is 2.87. The number of rotatable bonds is 2. The van der Waals surface area contributed by atoms with Gasteiger partial charge in [0, 0.05) is 0 Å². The minimum atomic E-state index is -0.421. The van der Waals surface area contributed by atoms with Crippen LogP contribution in [0, 0.1) is 0 Å². The van der Waals surface area contributed by atoms with Crippen molar-refractivity contribution in [3.05, 3.63) is 54.1 Å². The molecule has 116 valence electrons. The van der Waals surface area contributed by atoms with E-state index < -0.39 is 6.03 Å². The van der Waals surface area contributed by atoms with Crippen molar-refractivity contribution < 1.29 is 19.1 Å². The SMILES string of the molecule is O=C1CC(c2ccc3c(c2)OCO3)NC(=O)N1c1ccccc1. The molecule has 0 aromatic heterocycles. The summed E-state index contributed by atoms with van der Waals surface area (Å²) in [7, 11) is 0. The molecule has 1 saturated heterocycles. The van der Waals surface area contributed by atoms with Crippen LogP contribution in [0.25, 0.3) is 0 Å². The highest BCUT2D eigenvalue weighted by Gasteiger charge is 2.34. The average Bonchev–Trinajstić information content (AvgIpc) is 3.02. The largest absolute Gasteiger partial charge is 0.454 e. The highest BCUT2D eigenvalue weighted by molar-refractivity contribution is 6.16. The van der Waals surface area contributed by atoms with Crippen LogP contribution in [-0.2, 0) is 4.79 Å². The summed E-state index contributed by atoms with van der Waals surface area (Å²) >= 11 is 0. The van der Waals surface area contributed by atoms with Gasteiger partial charge in [0.2, 0.25) is 12.7 Å². The van der Waals surface area contributed by atoms with Gasteiger partial charge in [-0.3, -0.25) is 4.79 Å². The molecule has 0 aliphatic carbocycles. The fourth-order valence-corrected chi connectivity index (χ4v) is 2.81. The maximum atomic E-state index is 12.4. The van der Waals surface area contributed by atoms with Crippen LogP contribution in [-0.4, -0.2) is 18.7 Å². The smallest absolute Gasteiger partial charge is 0.329 e. The van der Waals surface area contributed by atoms with Crippen molar-refractivity contribution in [3.63, 3.8) is 0 Å². The Morgan fingerprint density at radius 2 is 1.78 bits per heavy atom. The monoisotopic (exact) mass is 310 g/mol. The van der Waals surface area contributed by atoms with E-state index in [9.17, 15) is 9.59 Å². The summed E-state index contributed by atoms with van der Waals surface area (Å²) < 4.78 is 10.6. The van der Waals surface area contributed by atoms with Gasteiger partial charge >= 0.3 is 6.03 Å². The van der Waals surface area contributed by atoms with Gasteiger partial charge in [-0.15, -0.1) is 0 Å². The highest BCUT2D eigenvalue weighted by atomic mass is 16.7. The molecule has 23 heavy (non-hydrogen) atoms. The van der Waals surface area contributed by atoms with Crippen LogP contribution >= 0.6 is 0 Å². The van der Waals surface area contributed by atoms with Gasteiger partial charge in [0.25, 0.3) is 0 Å². The zero-order valence-corrected chi connectivity index (χ0v) is 12.2. The minimum absolute atomic E-state index is 0.191. The molecule has 1 N–H and O–H groups in total. The van der Waals surface area contributed by atoms with Crippen molar-refractivity contribution in [2.24, 2.45) is 0 Å². The zero-order valence-electron chi connectivity index (χ0n) is 12.2. The summed E-state index contributed by atoms with van der Waals surface area (Å²) in [6.07, 6.45) is 0.195. The number of nitrogens with one attached hydrogen (secondary N) is 1. The lowest BCUT2D eigenvalue weighted by atomic mass is 10.0. The second-order valence-corrected chi connectivity index (χ2v) is 5.38. The Balaban J connectivity index is 1.58. The Morgan fingerprint density at radius 1 is 1.00 bits per heavy atom. The number of amides is 3. The number of benzene rings is 2. The Morgan fingerprint density at radius 3 is 2.57 bits per heavy atom. The van der Waals surface area contributed by atoms with Crippen LogP contribution in [0.2, 0.25) is 0 Å². The molecule has 0 radical (unpaired) electrons. The van der Waals surface area contributed by atoms with Crippen molar-refractivity contribution >= 4 is 17.6 Å². The first-order valence-electron chi connectivity index (χ1n) is 7.30. The number of imide groups is 1. The van der Waals surface area contributed by atoms with Gasteiger partial charge in [0.1, 0.15) is 0 Å². The third-order valence-corrected chi connectivity index (χ3v) is 3.94. The number of urea groups is 1. The van der Waals surface area contributed by atoms with Gasteiger partial charge < -0.3 is 14.8 Å². The number of carbonyl (C=O) groups is 2. The average molecular weight is 310 g/mol. The maximum absolute atomic E-state index is 12.4. The molecule has 4 rings (SSSR count). The summed E-state index contributed by atoms with van der Waals surface area (Å²) in [6, 6.07) is 13.5. The van der Waals surface area contributed by atoms with Crippen LogP contribution < -0.4 is 19.7 Å². The molecule has 2 aliphatic heterocycles. The predicted molar refractivity (Wildman–Crippen MR) is 82.4 cm³/mol. The van der Waals surface area contributed by atoms with E-state index in [1.54, 1.807) is 36.4 Å². The molecule has 0 spiro atoms. The topological polar surface area (TPSA) is 67.9 Å². The van der Waals surface area contributed by atoms with Gasteiger partial charge in [0.15, 0.2) is 11.5 Å². The van der Waals surface area contributed by atoms with E-state index in [4.69, 9.17) is 9.47 Å². The number of hydrogen-bond donors (Lipinski definition) is 1. The normalized spacial score (nSPS) is 19.7. The highest BCUT2D eigenvalue weighted by Crippen LogP contribution is 2.36. The molecule has 0 bridgehead atoms. The molecule has 2 aliphatic rings. The Bertz CT molecular complexity index is 757. The second kappa shape index (κ2) is 5.31. The van der Waals surface area contributed by atoms with Crippen LogP contribution in [0.15, 0.2) is 48.5 Å². The second-order valence-electron chi connectivity index (χ2n) is 5.38. The Kier molecular flexibility index (Phi) is 3.15. The Labute approximate surface area is 132 Å². The molecular formula is C17H14N2O4. The molecular weight excluding hydrogens is 296 g/mol. The number of anilines is 1. The van der Waals surface area contributed by atoms with E-state index in [-0.39, 0.29) is 25.2 Å². The first-order chi connectivity index (χ1) is 11.2. The first kappa shape index (κ1) is 13.6. The van der Waals surface area contributed by atoms with Gasteiger partial charge in [-0.25, -0.2) is 9.69 Å². The quantitative estimate of drug-likeness (QED) is 0.926. The molecule has 3 amide bonds. The third-order valence-electron chi connectivity index (χ3n) is 3.94. The van der Waals surface area contributed by atoms with E-state index in [2.05, 4.69) is 5.32 Å². The molecule has 1 atom stereocenters. The molecule has 2 aromatic rings. The van der Waals surface area contributed by atoms with E-state index in [0.717, 1.165) is 5.56 Å². The lowest BCUT2D eigenvalue weighted by molar-refractivity contribution is -0.119. The predicted octanol–water partition coefficient (Wildman–Crippen LogP) is 2.60. The lowest BCUT2D eigenvalue weighted by Crippen LogP contribution is -2.51. The molecule has 2 aromatic carbocycles. The van der Waals surface area contributed by atoms with Gasteiger partial charge in [-0.2, -0.15) is 0 Å².